The van der Waals surface area contributed by atoms with E-state index in [9.17, 15) is 9.50 Å². The molecule has 1 aliphatic heterocycles. The van der Waals surface area contributed by atoms with Crippen molar-refractivity contribution in [2.75, 3.05) is 18.0 Å². The summed E-state index contributed by atoms with van der Waals surface area (Å²) in [6.07, 6.45) is 4.29. The Morgan fingerprint density at radius 2 is 2.04 bits per heavy atom. The van der Waals surface area contributed by atoms with Crippen LogP contribution in [0.2, 0.25) is 5.02 Å². The number of hydrogen-bond donors (Lipinski definition) is 1. The molecule has 2 heterocycles. The van der Waals surface area contributed by atoms with Crippen molar-refractivity contribution in [1.29, 1.82) is 0 Å². The smallest absolute Gasteiger partial charge is 0.270 e. The average molecular weight is 429 g/mol. The van der Waals surface area contributed by atoms with E-state index in [1.165, 1.54) is 0 Å². The van der Waals surface area contributed by atoms with Gasteiger partial charge >= 0.3 is 0 Å². The zero-order chi connectivity index (χ0) is 17.8. The van der Waals surface area contributed by atoms with Gasteiger partial charge in [-0.15, -0.1) is 5.11 Å². The Morgan fingerprint density at radius 3 is 2.80 bits per heavy atom. The number of rotatable bonds is 4. The number of anilines is 1. The van der Waals surface area contributed by atoms with Crippen molar-refractivity contribution in [2.24, 2.45) is 10.2 Å². The SMILES string of the molecule is Oc1c(Cl)cc(Br)cc1CN=Nc1ncc(F)c(N2CCCCC2)n1. The quantitative estimate of drug-likeness (QED) is 0.695. The van der Waals surface area contributed by atoms with Crippen molar-refractivity contribution in [3.8, 4) is 5.75 Å². The van der Waals surface area contributed by atoms with E-state index in [-0.39, 0.29) is 29.1 Å². The van der Waals surface area contributed by atoms with Crippen LogP contribution in [0, 0.1) is 5.82 Å². The van der Waals surface area contributed by atoms with Gasteiger partial charge in [0.2, 0.25) is 0 Å². The molecule has 0 amide bonds. The lowest BCUT2D eigenvalue weighted by Gasteiger charge is -2.27. The minimum Gasteiger partial charge on any atom is -0.506 e. The van der Waals surface area contributed by atoms with Gasteiger partial charge in [-0.1, -0.05) is 27.5 Å². The Morgan fingerprint density at radius 1 is 1.28 bits per heavy atom. The molecule has 1 aromatic carbocycles. The Labute approximate surface area is 157 Å². The first-order valence-corrected chi connectivity index (χ1v) is 9.03. The molecule has 3 rings (SSSR count). The normalized spacial score (nSPS) is 15.1. The summed E-state index contributed by atoms with van der Waals surface area (Å²) < 4.78 is 14.7. The highest BCUT2D eigenvalue weighted by Crippen LogP contribution is 2.32. The van der Waals surface area contributed by atoms with Gasteiger partial charge in [0, 0.05) is 23.1 Å². The van der Waals surface area contributed by atoms with Gasteiger partial charge in [0.15, 0.2) is 11.6 Å². The minimum atomic E-state index is -0.461. The zero-order valence-corrected chi connectivity index (χ0v) is 15.6. The number of phenols is 1. The Bertz CT molecular complexity index is 798. The fourth-order valence-corrected chi connectivity index (χ4v) is 3.52. The molecule has 0 atom stereocenters. The van der Waals surface area contributed by atoms with Crippen molar-refractivity contribution < 1.29 is 9.50 Å². The minimum absolute atomic E-state index is 0.0437. The molecule has 1 saturated heterocycles. The van der Waals surface area contributed by atoms with Crippen LogP contribution in [0.4, 0.5) is 16.2 Å². The van der Waals surface area contributed by atoms with Crippen LogP contribution < -0.4 is 4.90 Å². The molecule has 25 heavy (non-hydrogen) atoms. The van der Waals surface area contributed by atoms with Crippen LogP contribution in [-0.2, 0) is 6.54 Å². The van der Waals surface area contributed by atoms with Crippen molar-refractivity contribution in [1.82, 2.24) is 9.97 Å². The van der Waals surface area contributed by atoms with Gasteiger partial charge in [0.1, 0.15) is 5.75 Å². The molecule has 0 unspecified atom stereocenters. The molecule has 0 bridgehead atoms. The summed E-state index contributed by atoms with van der Waals surface area (Å²) in [7, 11) is 0. The Balaban J connectivity index is 1.75. The van der Waals surface area contributed by atoms with Gasteiger partial charge in [-0.25, -0.2) is 9.37 Å². The molecular formula is C16H16BrClFN5O. The van der Waals surface area contributed by atoms with Gasteiger partial charge < -0.3 is 10.0 Å². The van der Waals surface area contributed by atoms with Crippen molar-refractivity contribution in [3.05, 3.63) is 39.2 Å². The van der Waals surface area contributed by atoms with E-state index in [0.717, 1.165) is 43.0 Å². The third-order valence-electron chi connectivity index (χ3n) is 3.88. The van der Waals surface area contributed by atoms with Crippen LogP contribution in [-0.4, -0.2) is 28.2 Å². The summed E-state index contributed by atoms with van der Waals surface area (Å²) in [5.41, 5.74) is 0.515. The van der Waals surface area contributed by atoms with Crippen LogP contribution in [0.25, 0.3) is 0 Å². The molecule has 1 fully saturated rings. The zero-order valence-electron chi connectivity index (χ0n) is 13.3. The molecular weight excluding hydrogens is 413 g/mol. The number of hydrogen-bond acceptors (Lipinski definition) is 6. The molecule has 2 aromatic rings. The highest BCUT2D eigenvalue weighted by molar-refractivity contribution is 9.10. The fraction of sp³-hybridized carbons (Fsp3) is 0.375. The third-order valence-corrected chi connectivity index (χ3v) is 4.62. The Hall–Kier alpha value is -1.80. The number of aromatic nitrogens is 2. The lowest BCUT2D eigenvalue weighted by atomic mass is 10.1. The predicted octanol–water partition coefficient (Wildman–Crippen LogP) is 5.01. The lowest BCUT2D eigenvalue weighted by Crippen LogP contribution is -2.31. The second-order valence-corrected chi connectivity index (χ2v) is 7.01. The first-order valence-electron chi connectivity index (χ1n) is 7.86. The van der Waals surface area contributed by atoms with Crippen LogP contribution >= 0.6 is 27.5 Å². The van der Waals surface area contributed by atoms with Gasteiger partial charge in [-0.3, -0.25) is 0 Å². The highest BCUT2D eigenvalue weighted by atomic mass is 79.9. The van der Waals surface area contributed by atoms with Crippen LogP contribution in [0.3, 0.4) is 0 Å². The van der Waals surface area contributed by atoms with E-state index in [1.54, 1.807) is 12.1 Å². The maximum absolute atomic E-state index is 14.0. The summed E-state index contributed by atoms with van der Waals surface area (Å²) in [4.78, 5) is 9.92. The molecule has 1 N–H and O–H groups in total. The van der Waals surface area contributed by atoms with Gasteiger partial charge in [0.25, 0.3) is 5.95 Å². The van der Waals surface area contributed by atoms with Crippen molar-refractivity contribution in [3.63, 3.8) is 0 Å². The predicted molar refractivity (Wildman–Crippen MR) is 97.1 cm³/mol. The molecule has 6 nitrogen and oxygen atoms in total. The molecule has 0 saturated carbocycles. The van der Waals surface area contributed by atoms with Gasteiger partial charge in [-0.2, -0.15) is 10.1 Å². The third kappa shape index (κ3) is 4.43. The monoisotopic (exact) mass is 427 g/mol. The maximum Gasteiger partial charge on any atom is 0.270 e. The fourth-order valence-electron chi connectivity index (χ4n) is 2.64. The van der Waals surface area contributed by atoms with E-state index in [0.29, 0.717) is 5.56 Å². The van der Waals surface area contributed by atoms with E-state index in [1.807, 2.05) is 4.90 Å². The molecule has 1 aromatic heterocycles. The van der Waals surface area contributed by atoms with Crippen molar-refractivity contribution >= 4 is 39.3 Å². The summed E-state index contributed by atoms with van der Waals surface area (Å²) in [6, 6.07) is 3.29. The number of azo groups is 1. The first kappa shape index (κ1) is 18.0. The number of piperidine rings is 1. The van der Waals surface area contributed by atoms with Crippen LogP contribution in [0.5, 0.6) is 5.75 Å². The van der Waals surface area contributed by atoms with E-state index in [4.69, 9.17) is 11.6 Å². The summed E-state index contributed by atoms with van der Waals surface area (Å²) in [6.45, 7) is 1.65. The molecule has 9 heteroatoms. The van der Waals surface area contributed by atoms with Gasteiger partial charge in [0.05, 0.1) is 17.8 Å². The molecule has 0 spiro atoms. The summed E-state index contributed by atoms with van der Waals surface area (Å²) >= 11 is 9.22. The second-order valence-electron chi connectivity index (χ2n) is 5.68. The number of nitrogens with zero attached hydrogens (tertiary/aromatic N) is 5. The summed E-state index contributed by atoms with van der Waals surface area (Å²) in [5, 5.41) is 18.1. The van der Waals surface area contributed by atoms with E-state index in [2.05, 4.69) is 36.1 Å². The maximum atomic E-state index is 14.0. The second kappa shape index (κ2) is 8.05. The number of phenolic OH excluding ortho intramolecular Hbond substituents is 1. The molecule has 0 aliphatic carbocycles. The van der Waals surface area contributed by atoms with Gasteiger partial charge in [-0.05, 0) is 31.4 Å². The molecule has 0 radical (unpaired) electrons. The largest absolute Gasteiger partial charge is 0.506 e. The Kier molecular flexibility index (Phi) is 5.80. The standard InChI is InChI=1S/C16H16BrClFN5O/c17-11-6-10(14(25)12(18)7-11)8-21-23-16-20-9-13(19)15(22-16)24-4-2-1-3-5-24/h6-7,9,25H,1-5,8H2. The topological polar surface area (TPSA) is 74.0 Å². The molecule has 132 valence electrons. The van der Waals surface area contributed by atoms with Crippen LogP contribution in [0.15, 0.2) is 33.0 Å². The van der Waals surface area contributed by atoms with Crippen LogP contribution in [0.1, 0.15) is 24.8 Å². The van der Waals surface area contributed by atoms with E-state index >= 15 is 0 Å². The first-order chi connectivity index (χ1) is 12.0. The van der Waals surface area contributed by atoms with Crippen molar-refractivity contribution in [2.45, 2.75) is 25.8 Å². The number of aromatic hydroxyl groups is 1. The van der Waals surface area contributed by atoms with E-state index < -0.39 is 5.82 Å². The summed E-state index contributed by atoms with van der Waals surface area (Å²) in [5.74, 6) is -0.158. The average Bonchev–Trinajstić information content (AvgIpc) is 2.61. The highest BCUT2D eigenvalue weighted by Gasteiger charge is 2.17. The number of halogens is 3. The molecule has 1 aliphatic rings. The number of benzene rings is 1. The lowest BCUT2D eigenvalue weighted by molar-refractivity contribution is 0.468.